The van der Waals surface area contributed by atoms with Gasteiger partial charge in [-0.15, -0.1) is 0 Å². The Morgan fingerprint density at radius 3 is 0.697 bits per heavy atom. The number of aliphatic hydroxyl groups is 2. The number of carbonyl (C=O) groups is 6. The zero-order chi connectivity index (χ0) is 25.8. The number of carboxylic acids is 6. The summed E-state index contributed by atoms with van der Waals surface area (Å²) in [6, 6.07) is 0. The molecule has 0 aliphatic heterocycles. The Balaban J connectivity index is -0.000000125. The van der Waals surface area contributed by atoms with Gasteiger partial charge in [-0.1, -0.05) is 0 Å². The maximum absolute atomic E-state index is 10.3. The summed E-state index contributed by atoms with van der Waals surface area (Å²) in [5, 5.41) is 67.6. The Morgan fingerprint density at radius 2 is 0.636 bits per heavy atom. The zero-order valence-corrected chi connectivity index (χ0v) is 17.4. The third-order valence-electron chi connectivity index (χ3n) is 2.57. The highest BCUT2D eigenvalue weighted by Gasteiger charge is 2.41. The van der Waals surface area contributed by atoms with Gasteiger partial charge in [-0.2, -0.15) is 0 Å². The molecule has 0 spiro atoms. The van der Waals surface area contributed by atoms with Gasteiger partial charge in [0.25, 0.3) is 0 Å². The van der Waals surface area contributed by atoms with E-state index in [4.69, 9.17) is 60.1 Å². The number of aliphatic carboxylic acids is 6. The number of rotatable bonds is 10. The van der Waals surface area contributed by atoms with Crippen LogP contribution in [-0.4, -0.2) is 103 Å². The van der Waals surface area contributed by atoms with Crippen molar-refractivity contribution in [3.63, 3.8) is 0 Å². The fraction of sp³-hybridized carbons (Fsp3) is 0.500. The quantitative estimate of drug-likeness (QED) is 0.128. The molecular formula is C12H25N2O18P. The first-order valence-electron chi connectivity index (χ1n) is 7.12. The van der Waals surface area contributed by atoms with Crippen molar-refractivity contribution in [1.82, 2.24) is 12.3 Å². The Kier molecular flexibility index (Phi) is 20.0. The predicted octanol–water partition coefficient (Wildman–Crippen LogP) is -3.10. The van der Waals surface area contributed by atoms with Crippen molar-refractivity contribution in [3.8, 4) is 0 Å². The van der Waals surface area contributed by atoms with Crippen LogP contribution in [0.5, 0.6) is 0 Å². The van der Waals surface area contributed by atoms with Gasteiger partial charge in [0.05, 0.1) is 25.7 Å². The molecular weight excluding hydrogens is 491 g/mol. The first-order chi connectivity index (χ1) is 13.6. The van der Waals surface area contributed by atoms with Crippen LogP contribution in [0.4, 0.5) is 0 Å². The van der Waals surface area contributed by atoms with Crippen LogP contribution in [0.2, 0.25) is 0 Å². The normalized spacial score (nSPS) is 10.3. The highest BCUT2D eigenvalue weighted by molar-refractivity contribution is 7.45. The fourth-order valence-electron chi connectivity index (χ4n) is 1.43. The maximum atomic E-state index is 10.3. The molecule has 0 amide bonds. The van der Waals surface area contributed by atoms with Gasteiger partial charge in [-0.3, -0.25) is 19.2 Å². The van der Waals surface area contributed by atoms with Crippen LogP contribution in [0.1, 0.15) is 25.7 Å². The Hall–Kier alpha value is -3.23. The van der Waals surface area contributed by atoms with Gasteiger partial charge >= 0.3 is 43.6 Å². The fourth-order valence-corrected chi connectivity index (χ4v) is 1.43. The van der Waals surface area contributed by atoms with Crippen molar-refractivity contribution < 1.29 is 88.9 Å². The first kappa shape index (κ1) is 40.2. The molecule has 21 heteroatoms. The van der Waals surface area contributed by atoms with Crippen LogP contribution in [0, 0.1) is 0 Å². The van der Waals surface area contributed by atoms with E-state index < -0.39 is 80.5 Å². The summed E-state index contributed by atoms with van der Waals surface area (Å²) in [5.74, 6) is -10.0. The van der Waals surface area contributed by atoms with Gasteiger partial charge in [0.2, 0.25) is 0 Å². The Morgan fingerprint density at radius 1 is 0.515 bits per heavy atom. The molecule has 0 aromatic heterocycles. The number of carboxylic acid groups (broad SMARTS) is 6. The van der Waals surface area contributed by atoms with Gasteiger partial charge in [0.15, 0.2) is 11.2 Å². The lowest BCUT2D eigenvalue weighted by Crippen LogP contribution is -2.42. The highest BCUT2D eigenvalue weighted by atomic mass is 31.2. The van der Waals surface area contributed by atoms with Crippen molar-refractivity contribution >= 4 is 43.6 Å². The summed E-state index contributed by atoms with van der Waals surface area (Å²) in [6.45, 7) is 0. The second-order valence-corrected chi connectivity index (χ2v) is 6.50. The lowest BCUT2D eigenvalue weighted by atomic mass is 9.96. The molecule has 0 atom stereocenters. The largest absolute Gasteiger partial charge is 0.481 e. The third kappa shape index (κ3) is 24.9. The number of hydrogen-bond donors (Lipinski definition) is 13. The van der Waals surface area contributed by atoms with E-state index in [1.54, 1.807) is 0 Å². The van der Waals surface area contributed by atoms with Gasteiger partial charge in [0, 0.05) is 0 Å². The van der Waals surface area contributed by atoms with Crippen LogP contribution >= 0.6 is 7.82 Å². The summed E-state index contributed by atoms with van der Waals surface area (Å²) in [4.78, 5) is 82.5. The molecule has 0 saturated carbocycles. The third-order valence-corrected chi connectivity index (χ3v) is 2.57. The first-order valence-corrected chi connectivity index (χ1v) is 8.69. The molecule has 0 radical (unpaired) electrons. The molecule has 0 aromatic carbocycles. The molecule has 0 aliphatic rings. The summed E-state index contributed by atoms with van der Waals surface area (Å²) < 4.78 is 8.88. The zero-order valence-electron chi connectivity index (χ0n) is 16.5. The highest BCUT2D eigenvalue weighted by Crippen LogP contribution is 2.25. The summed E-state index contributed by atoms with van der Waals surface area (Å²) >= 11 is 0. The minimum absolute atomic E-state index is 0. The molecule has 196 valence electrons. The van der Waals surface area contributed by atoms with E-state index in [1.165, 1.54) is 0 Å². The van der Waals surface area contributed by atoms with E-state index in [-0.39, 0.29) is 12.3 Å². The number of phosphoric acid groups is 1. The van der Waals surface area contributed by atoms with Crippen LogP contribution < -0.4 is 12.3 Å². The Bertz CT molecular complexity index is 652. The van der Waals surface area contributed by atoms with Gasteiger partial charge in [-0.05, 0) is 0 Å². The minimum Gasteiger partial charge on any atom is -0.481 e. The number of hydrogen-bond acceptors (Lipinski definition) is 11. The van der Waals surface area contributed by atoms with Crippen LogP contribution in [0.15, 0.2) is 0 Å². The second kappa shape index (κ2) is 16.4. The molecule has 0 unspecified atom stereocenters. The van der Waals surface area contributed by atoms with Crippen molar-refractivity contribution in [3.05, 3.63) is 0 Å². The lowest BCUT2D eigenvalue weighted by molar-refractivity contribution is -0.170. The summed E-state index contributed by atoms with van der Waals surface area (Å²) in [6.07, 6.45) is -4.58. The molecule has 0 saturated heterocycles. The predicted molar refractivity (Wildman–Crippen MR) is 98.5 cm³/mol. The van der Waals surface area contributed by atoms with Crippen LogP contribution in [-0.2, 0) is 33.3 Å². The molecule has 0 aliphatic carbocycles. The van der Waals surface area contributed by atoms with Crippen molar-refractivity contribution in [2.75, 3.05) is 0 Å². The lowest BCUT2D eigenvalue weighted by Gasteiger charge is -2.18. The standard InChI is InChI=1S/2C6H8O7.2H3N.H3O4P/c2*7-3(8)1-6(13,5(11)12)2-4(9)10;;;1-5(2,3)4/h2*13H,1-2H2,(H,7,8)(H,9,10)(H,11,12);2*1H3;(H3,1,2,3,4). The van der Waals surface area contributed by atoms with E-state index in [0.29, 0.717) is 0 Å². The molecule has 0 fully saturated rings. The Labute approximate surface area is 182 Å². The van der Waals surface area contributed by atoms with Crippen molar-refractivity contribution in [1.29, 1.82) is 0 Å². The van der Waals surface area contributed by atoms with Crippen LogP contribution in [0.25, 0.3) is 0 Å². The van der Waals surface area contributed by atoms with E-state index in [2.05, 4.69) is 0 Å². The van der Waals surface area contributed by atoms with E-state index in [1.807, 2.05) is 0 Å². The average Bonchev–Trinajstić information content (AvgIpc) is 2.41. The minimum atomic E-state index is -4.64. The summed E-state index contributed by atoms with van der Waals surface area (Å²) in [7, 11) is -4.64. The van der Waals surface area contributed by atoms with Crippen LogP contribution in [0.3, 0.4) is 0 Å². The van der Waals surface area contributed by atoms with Gasteiger partial charge < -0.3 is 67.8 Å². The smallest absolute Gasteiger partial charge is 0.466 e. The molecule has 0 bridgehead atoms. The van der Waals surface area contributed by atoms with E-state index in [0.717, 1.165) is 0 Å². The molecule has 20 nitrogen and oxygen atoms in total. The van der Waals surface area contributed by atoms with Gasteiger partial charge in [-0.25, -0.2) is 14.2 Å². The van der Waals surface area contributed by atoms with Crippen molar-refractivity contribution in [2.24, 2.45) is 0 Å². The second-order valence-electron chi connectivity index (χ2n) is 5.47. The topological polar surface area (TPSA) is 412 Å². The molecule has 17 N–H and O–H groups in total. The average molecular weight is 516 g/mol. The molecule has 0 heterocycles. The van der Waals surface area contributed by atoms with E-state index in [9.17, 15) is 28.8 Å². The van der Waals surface area contributed by atoms with E-state index >= 15 is 0 Å². The molecule has 0 aromatic rings. The van der Waals surface area contributed by atoms with Gasteiger partial charge in [0.1, 0.15) is 0 Å². The monoisotopic (exact) mass is 516 g/mol. The molecule has 0 rings (SSSR count). The summed E-state index contributed by atoms with van der Waals surface area (Å²) in [5.41, 5.74) is -5.48. The SMILES string of the molecule is N.N.O=C(O)CC(O)(CC(=O)O)C(=O)O.O=C(O)CC(O)(CC(=O)O)C(=O)O.O=P(O)(O)O. The maximum Gasteiger partial charge on any atom is 0.466 e. The molecule has 33 heavy (non-hydrogen) atoms. The van der Waals surface area contributed by atoms with Crippen molar-refractivity contribution in [2.45, 2.75) is 36.9 Å².